The van der Waals surface area contributed by atoms with Gasteiger partial charge in [0, 0.05) is 25.7 Å². The summed E-state index contributed by atoms with van der Waals surface area (Å²) in [5.74, 6) is 0.0778. The monoisotopic (exact) mass is 185 g/mol. The minimum atomic E-state index is -0.122. The summed E-state index contributed by atoms with van der Waals surface area (Å²) in [5.41, 5.74) is 5.57. The fraction of sp³-hybridized carbons (Fsp3) is 0.889. The molecule has 0 radical (unpaired) electrons. The number of hydrogen-bond donors (Lipinski definition) is 2. The molecule has 4 nitrogen and oxygen atoms in total. The first-order chi connectivity index (χ1) is 6.20. The third-order valence-corrected chi connectivity index (χ3v) is 2.75. The van der Waals surface area contributed by atoms with Gasteiger partial charge < -0.3 is 11.1 Å². The van der Waals surface area contributed by atoms with E-state index < -0.39 is 0 Å². The van der Waals surface area contributed by atoms with Crippen LogP contribution in [-0.4, -0.2) is 42.5 Å². The van der Waals surface area contributed by atoms with E-state index in [-0.39, 0.29) is 11.9 Å². The van der Waals surface area contributed by atoms with Crippen molar-refractivity contribution in [2.75, 3.05) is 19.6 Å². The van der Waals surface area contributed by atoms with Crippen LogP contribution in [-0.2, 0) is 4.79 Å². The molecule has 0 aromatic carbocycles. The molecular formula is C9H19N3O. The first-order valence-corrected chi connectivity index (χ1v) is 4.94. The quantitative estimate of drug-likeness (QED) is 0.626. The van der Waals surface area contributed by atoms with Gasteiger partial charge in [-0.2, -0.15) is 0 Å². The molecule has 1 rings (SSSR count). The first-order valence-electron chi connectivity index (χ1n) is 4.94. The highest BCUT2D eigenvalue weighted by molar-refractivity contribution is 5.82. The zero-order valence-corrected chi connectivity index (χ0v) is 8.42. The van der Waals surface area contributed by atoms with Gasteiger partial charge in [-0.05, 0) is 13.3 Å². The van der Waals surface area contributed by atoms with Crippen LogP contribution in [0.15, 0.2) is 0 Å². The topological polar surface area (TPSA) is 58.4 Å². The lowest BCUT2D eigenvalue weighted by atomic mass is 10.1. The zero-order valence-electron chi connectivity index (χ0n) is 8.42. The molecule has 0 aromatic heterocycles. The predicted molar refractivity (Wildman–Crippen MR) is 52.3 cm³/mol. The minimum Gasteiger partial charge on any atom is -0.353 e. The third-order valence-electron chi connectivity index (χ3n) is 2.75. The second-order valence-corrected chi connectivity index (χ2v) is 3.54. The van der Waals surface area contributed by atoms with Crippen LogP contribution >= 0.6 is 0 Å². The Labute approximate surface area is 79.5 Å². The molecule has 0 saturated carbocycles. The van der Waals surface area contributed by atoms with Gasteiger partial charge in [-0.15, -0.1) is 0 Å². The van der Waals surface area contributed by atoms with E-state index in [4.69, 9.17) is 5.73 Å². The van der Waals surface area contributed by atoms with Gasteiger partial charge in [0.1, 0.15) is 6.04 Å². The largest absolute Gasteiger partial charge is 0.353 e. The molecule has 1 aliphatic heterocycles. The van der Waals surface area contributed by atoms with Crippen LogP contribution < -0.4 is 11.1 Å². The first kappa shape index (κ1) is 10.5. The Bertz CT molecular complexity index is 184. The summed E-state index contributed by atoms with van der Waals surface area (Å²) >= 11 is 0. The van der Waals surface area contributed by atoms with Crippen LogP contribution in [0.3, 0.4) is 0 Å². The van der Waals surface area contributed by atoms with Crippen molar-refractivity contribution >= 4 is 5.91 Å². The van der Waals surface area contributed by atoms with Crippen molar-refractivity contribution in [1.82, 2.24) is 10.2 Å². The standard InChI is InChI=1S/C9H19N3O/c1-3-7(2)12-5-4-11-9(13)8(12)6-10/h7-8H,3-6,10H2,1-2H3,(H,11,13). The maximum atomic E-state index is 11.4. The van der Waals surface area contributed by atoms with E-state index in [1.54, 1.807) is 0 Å². The number of nitrogens with two attached hydrogens (primary N) is 1. The summed E-state index contributed by atoms with van der Waals surface area (Å²) in [4.78, 5) is 13.6. The average Bonchev–Trinajstić information content (AvgIpc) is 2.16. The summed E-state index contributed by atoms with van der Waals surface area (Å²) < 4.78 is 0. The van der Waals surface area contributed by atoms with Crippen LogP contribution in [0.4, 0.5) is 0 Å². The number of carbonyl (C=O) groups is 1. The molecule has 1 heterocycles. The molecular weight excluding hydrogens is 166 g/mol. The minimum absolute atomic E-state index is 0.0778. The normalized spacial score (nSPS) is 27.0. The number of nitrogens with one attached hydrogen (secondary N) is 1. The van der Waals surface area contributed by atoms with Crippen molar-refractivity contribution in [3.63, 3.8) is 0 Å². The molecule has 3 N–H and O–H groups in total. The fourth-order valence-electron chi connectivity index (χ4n) is 1.74. The van der Waals surface area contributed by atoms with Crippen molar-refractivity contribution in [2.45, 2.75) is 32.4 Å². The molecule has 4 heteroatoms. The lowest BCUT2D eigenvalue weighted by Gasteiger charge is -2.38. The Morgan fingerprint density at radius 2 is 2.46 bits per heavy atom. The van der Waals surface area contributed by atoms with Crippen LogP contribution in [0.25, 0.3) is 0 Å². The Hall–Kier alpha value is -0.610. The van der Waals surface area contributed by atoms with E-state index in [2.05, 4.69) is 24.1 Å². The Morgan fingerprint density at radius 1 is 1.77 bits per heavy atom. The summed E-state index contributed by atoms with van der Waals surface area (Å²) in [5, 5.41) is 2.83. The molecule has 1 fully saturated rings. The second kappa shape index (κ2) is 4.58. The molecule has 1 aliphatic rings. The molecule has 76 valence electrons. The van der Waals surface area contributed by atoms with Gasteiger partial charge in [-0.1, -0.05) is 6.92 Å². The van der Waals surface area contributed by atoms with Crippen molar-refractivity contribution in [3.05, 3.63) is 0 Å². The van der Waals surface area contributed by atoms with Crippen molar-refractivity contribution < 1.29 is 4.79 Å². The highest BCUT2D eigenvalue weighted by Crippen LogP contribution is 2.10. The zero-order chi connectivity index (χ0) is 9.84. The van der Waals surface area contributed by atoms with Crippen molar-refractivity contribution in [3.8, 4) is 0 Å². The molecule has 2 atom stereocenters. The SMILES string of the molecule is CCC(C)N1CCNC(=O)C1CN. The van der Waals surface area contributed by atoms with Crippen LogP contribution in [0.1, 0.15) is 20.3 Å². The van der Waals surface area contributed by atoms with Gasteiger partial charge in [0.25, 0.3) is 0 Å². The molecule has 0 aliphatic carbocycles. The number of carbonyl (C=O) groups excluding carboxylic acids is 1. The molecule has 2 unspecified atom stereocenters. The molecule has 1 amide bonds. The average molecular weight is 185 g/mol. The Kier molecular flexibility index (Phi) is 3.69. The lowest BCUT2D eigenvalue weighted by molar-refractivity contribution is -0.129. The predicted octanol–water partition coefficient (Wildman–Crippen LogP) is -0.456. The highest BCUT2D eigenvalue weighted by atomic mass is 16.2. The van der Waals surface area contributed by atoms with Crippen LogP contribution in [0.2, 0.25) is 0 Å². The number of nitrogens with zero attached hydrogens (tertiary/aromatic N) is 1. The number of piperazine rings is 1. The number of hydrogen-bond acceptors (Lipinski definition) is 3. The number of rotatable bonds is 3. The third kappa shape index (κ3) is 2.19. The summed E-state index contributed by atoms with van der Waals surface area (Å²) in [7, 11) is 0. The molecule has 0 spiro atoms. The van der Waals surface area contributed by atoms with E-state index in [0.29, 0.717) is 12.6 Å². The van der Waals surface area contributed by atoms with Gasteiger partial charge in [-0.25, -0.2) is 0 Å². The van der Waals surface area contributed by atoms with Crippen molar-refractivity contribution in [2.24, 2.45) is 5.73 Å². The molecule has 1 saturated heterocycles. The van der Waals surface area contributed by atoms with Gasteiger partial charge in [0.05, 0.1) is 0 Å². The smallest absolute Gasteiger partial charge is 0.238 e. The van der Waals surface area contributed by atoms with E-state index in [1.165, 1.54) is 0 Å². The molecule has 0 bridgehead atoms. The van der Waals surface area contributed by atoms with Gasteiger partial charge in [0.15, 0.2) is 0 Å². The van der Waals surface area contributed by atoms with Crippen LogP contribution in [0.5, 0.6) is 0 Å². The van der Waals surface area contributed by atoms with E-state index in [9.17, 15) is 4.79 Å². The number of amides is 1. The maximum absolute atomic E-state index is 11.4. The van der Waals surface area contributed by atoms with Gasteiger partial charge in [0.2, 0.25) is 5.91 Å². The Morgan fingerprint density at radius 3 is 3.00 bits per heavy atom. The summed E-state index contributed by atoms with van der Waals surface area (Å²) in [6.07, 6.45) is 1.06. The van der Waals surface area contributed by atoms with E-state index in [1.807, 2.05) is 0 Å². The fourth-order valence-corrected chi connectivity index (χ4v) is 1.74. The van der Waals surface area contributed by atoms with Crippen LogP contribution in [0, 0.1) is 0 Å². The van der Waals surface area contributed by atoms with E-state index in [0.717, 1.165) is 19.5 Å². The summed E-state index contributed by atoms with van der Waals surface area (Å²) in [6, 6.07) is 0.322. The Balaban J connectivity index is 2.64. The highest BCUT2D eigenvalue weighted by Gasteiger charge is 2.30. The summed E-state index contributed by atoms with van der Waals surface area (Å²) in [6.45, 7) is 6.35. The maximum Gasteiger partial charge on any atom is 0.238 e. The lowest BCUT2D eigenvalue weighted by Crippen LogP contribution is -2.60. The van der Waals surface area contributed by atoms with Gasteiger partial charge in [-0.3, -0.25) is 9.69 Å². The van der Waals surface area contributed by atoms with E-state index >= 15 is 0 Å². The van der Waals surface area contributed by atoms with Crippen molar-refractivity contribution in [1.29, 1.82) is 0 Å². The molecule has 0 aromatic rings. The van der Waals surface area contributed by atoms with Gasteiger partial charge >= 0.3 is 0 Å². The second-order valence-electron chi connectivity index (χ2n) is 3.54. The molecule has 13 heavy (non-hydrogen) atoms.